The van der Waals surface area contributed by atoms with Crippen molar-refractivity contribution in [1.29, 1.82) is 0 Å². The summed E-state index contributed by atoms with van der Waals surface area (Å²) in [5.41, 5.74) is 3.51. The Balaban J connectivity index is 1.39. The predicted octanol–water partition coefficient (Wildman–Crippen LogP) is 4.88. The molecular weight excluding hydrogens is 424 g/mol. The number of aromatic nitrogens is 2. The fraction of sp³-hybridized carbons (Fsp3) is 0.167. The van der Waals surface area contributed by atoms with Crippen molar-refractivity contribution in [3.8, 4) is 5.75 Å². The van der Waals surface area contributed by atoms with Crippen molar-refractivity contribution < 1.29 is 18.9 Å². The number of aryl methyl sites for hydroxylation is 2. The van der Waals surface area contributed by atoms with E-state index in [1.807, 2.05) is 42.8 Å². The van der Waals surface area contributed by atoms with Crippen LogP contribution in [0.15, 0.2) is 71.1 Å². The Morgan fingerprint density at radius 2 is 1.94 bits per heavy atom. The zero-order chi connectivity index (χ0) is 23.4. The van der Waals surface area contributed by atoms with Gasteiger partial charge in [0.25, 0.3) is 5.91 Å². The SMILES string of the molecule is Cc1cc(C)n(Cc2cccc(NC(=O)c3ccc(COc4ccccc4[N+](=O)[O-])o3)c2)n1. The number of nitro benzene ring substituents is 1. The molecular formula is C24H22N4O5. The Morgan fingerprint density at radius 1 is 1.12 bits per heavy atom. The van der Waals surface area contributed by atoms with Gasteiger partial charge < -0.3 is 14.5 Å². The number of carbonyl (C=O) groups is 1. The zero-order valence-electron chi connectivity index (χ0n) is 18.1. The van der Waals surface area contributed by atoms with Gasteiger partial charge in [-0.15, -0.1) is 0 Å². The number of amides is 1. The molecule has 0 fully saturated rings. The number of nitrogens with one attached hydrogen (secondary N) is 1. The summed E-state index contributed by atoms with van der Waals surface area (Å²) in [5.74, 6) is 0.205. The van der Waals surface area contributed by atoms with E-state index >= 15 is 0 Å². The van der Waals surface area contributed by atoms with E-state index in [0.717, 1.165) is 17.0 Å². The molecule has 1 amide bonds. The predicted molar refractivity (Wildman–Crippen MR) is 121 cm³/mol. The van der Waals surface area contributed by atoms with Gasteiger partial charge in [0, 0.05) is 17.4 Å². The first kappa shape index (κ1) is 21.8. The minimum Gasteiger partial charge on any atom is -0.479 e. The number of ether oxygens (including phenoxy) is 1. The van der Waals surface area contributed by atoms with E-state index < -0.39 is 10.8 Å². The first-order valence-electron chi connectivity index (χ1n) is 10.3. The van der Waals surface area contributed by atoms with Crippen LogP contribution in [-0.4, -0.2) is 20.6 Å². The van der Waals surface area contributed by atoms with Crippen LogP contribution >= 0.6 is 0 Å². The van der Waals surface area contributed by atoms with Gasteiger partial charge in [0.1, 0.15) is 12.4 Å². The smallest absolute Gasteiger partial charge is 0.310 e. The Bertz CT molecular complexity index is 1310. The first-order valence-corrected chi connectivity index (χ1v) is 10.3. The number of furan rings is 1. The number of hydrogen-bond acceptors (Lipinski definition) is 6. The fourth-order valence-corrected chi connectivity index (χ4v) is 3.40. The average Bonchev–Trinajstić information content (AvgIpc) is 3.38. The summed E-state index contributed by atoms with van der Waals surface area (Å²) in [7, 11) is 0. The largest absolute Gasteiger partial charge is 0.479 e. The van der Waals surface area contributed by atoms with Gasteiger partial charge in [-0.05, 0) is 55.8 Å². The average molecular weight is 446 g/mol. The highest BCUT2D eigenvalue weighted by molar-refractivity contribution is 6.02. The van der Waals surface area contributed by atoms with Gasteiger partial charge in [0.05, 0.1) is 17.2 Å². The van der Waals surface area contributed by atoms with E-state index in [-0.39, 0.29) is 23.8 Å². The van der Waals surface area contributed by atoms with Crippen molar-refractivity contribution in [2.45, 2.75) is 27.0 Å². The maximum Gasteiger partial charge on any atom is 0.310 e. The monoisotopic (exact) mass is 446 g/mol. The Kier molecular flexibility index (Phi) is 6.21. The van der Waals surface area contributed by atoms with Crippen LogP contribution in [0, 0.1) is 24.0 Å². The molecule has 0 atom stereocenters. The summed E-state index contributed by atoms with van der Waals surface area (Å²) in [5, 5.41) is 18.4. The highest BCUT2D eigenvalue weighted by Gasteiger charge is 2.16. The van der Waals surface area contributed by atoms with Gasteiger partial charge in [0.2, 0.25) is 0 Å². The third-order valence-electron chi connectivity index (χ3n) is 4.94. The second-order valence-electron chi connectivity index (χ2n) is 7.52. The molecule has 9 heteroatoms. The van der Waals surface area contributed by atoms with Gasteiger partial charge >= 0.3 is 5.69 Å². The highest BCUT2D eigenvalue weighted by Crippen LogP contribution is 2.27. The molecule has 0 unspecified atom stereocenters. The molecule has 0 aliphatic heterocycles. The number of rotatable bonds is 8. The lowest BCUT2D eigenvalue weighted by Crippen LogP contribution is -2.11. The zero-order valence-corrected chi connectivity index (χ0v) is 18.1. The molecule has 2 aromatic carbocycles. The summed E-state index contributed by atoms with van der Waals surface area (Å²) >= 11 is 0. The summed E-state index contributed by atoms with van der Waals surface area (Å²) in [6, 6.07) is 18.7. The quantitative estimate of drug-likeness (QED) is 0.305. The Hall–Kier alpha value is -4.40. The van der Waals surface area contributed by atoms with Gasteiger partial charge in [-0.2, -0.15) is 5.10 Å². The van der Waals surface area contributed by atoms with Crippen LogP contribution in [0.3, 0.4) is 0 Å². The third kappa shape index (κ3) is 5.27. The molecule has 0 saturated carbocycles. The Labute approximate surface area is 189 Å². The third-order valence-corrected chi connectivity index (χ3v) is 4.94. The molecule has 4 rings (SSSR count). The minimum absolute atomic E-state index is 0.0454. The maximum atomic E-state index is 12.6. The second-order valence-corrected chi connectivity index (χ2v) is 7.52. The lowest BCUT2D eigenvalue weighted by atomic mass is 10.2. The first-order chi connectivity index (χ1) is 15.9. The van der Waals surface area contributed by atoms with Crippen LogP contribution < -0.4 is 10.1 Å². The number of nitro groups is 1. The van der Waals surface area contributed by atoms with Gasteiger partial charge in [-0.25, -0.2) is 0 Å². The molecule has 0 bridgehead atoms. The van der Waals surface area contributed by atoms with Gasteiger partial charge in [0.15, 0.2) is 11.5 Å². The van der Waals surface area contributed by atoms with Crippen molar-refractivity contribution >= 4 is 17.3 Å². The highest BCUT2D eigenvalue weighted by atomic mass is 16.6. The summed E-state index contributed by atoms with van der Waals surface area (Å²) in [6.07, 6.45) is 0. The number of anilines is 1. The second kappa shape index (κ2) is 9.39. The molecule has 1 N–H and O–H groups in total. The summed E-state index contributed by atoms with van der Waals surface area (Å²) < 4.78 is 13.0. The van der Waals surface area contributed by atoms with E-state index in [0.29, 0.717) is 18.0 Å². The molecule has 4 aromatic rings. The molecule has 0 aliphatic rings. The van der Waals surface area contributed by atoms with E-state index in [1.165, 1.54) is 18.2 Å². The molecule has 0 spiro atoms. The molecule has 0 radical (unpaired) electrons. The topological polar surface area (TPSA) is 112 Å². The number of para-hydroxylation sites is 2. The van der Waals surface area contributed by atoms with Crippen LogP contribution in [0.1, 0.15) is 33.3 Å². The van der Waals surface area contributed by atoms with Crippen molar-refractivity contribution in [1.82, 2.24) is 9.78 Å². The van der Waals surface area contributed by atoms with E-state index in [1.54, 1.807) is 24.3 Å². The number of hydrogen-bond donors (Lipinski definition) is 1. The van der Waals surface area contributed by atoms with Crippen LogP contribution in [0.4, 0.5) is 11.4 Å². The lowest BCUT2D eigenvalue weighted by Gasteiger charge is -2.08. The number of benzene rings is 2. The van der Waals surface area contributed by atoms with E-state index in [2.05, 4.69) is 10.4 Å². The molecule has 2 heterocycles. The molecule has 9 nitrogen and oxygen atoms in total. The molecule has 0 saturated heterocycles. The van der Waals surface area contributed by atoms with Crippen molar-refractivity contribution in [2.75, 3.05) is 5.32 Å². The van der Waals surface area contributed by atoms with E-state index in [9.17, 15) is 14.9 Å². The van der Waals surface area contributed by atoms with Crippen LogP contribution in [0.25, 0.3) is 0 Å². The Morgan fingerprint density at radius 3 is 2.70 bits per heavy atom. The van der Waals surface area contributed by atoms with Gasteiger partial charge in [-0.3, -0.25) is 19.6 Å². The van der Waals surface area contributed by atoms with Crippen molar-refractivity contribution in [3.63, 3.8) is 0 Å². The molecule has 168 valence electrons. The molecule has 33 heavy (non-hydrogen) atoms. The fourth-order valence-electron chi connectivity index (χ4n) is 3.40. The lowest BCUT2D eigenvalue weighted by molar-refractivity contribution is -0.386. The summed E-state index contributed by atoms with van der Waals surface area (Å²) in [6.45, 7) is 4.50. The van der Waals surface area contributed by atoms with Gasteiger partial charge in [-0.1, -0.05) is 24.3 Å². The van der Waals surface area contributed by atoms with Crippen molar-refractivity contribution in [3.05, 3.63) is 105 Å². The normalized spacial score (nSPS) is 10.7. The van der Waals surface area contributed by atoms with Crippen LogP contribution in [0.5, 0.6) is 5.75 Å². The van der Waals surface area contributed by atoms with Crippen molar-refractivity contribution in [2.24, 2.45) is 0 Å². The molecule has 0 aliphatic carbocycles. The van der Waals surface area contributed by atoms with Crippen LogP contribution in [-0.2, 0) is 13.2 Å². The number of nitrogens with zero attached hydrogens (tertiary/aromatic N) is 3. The summed E-state index contributed by atoms with van der Waals surface area (Å²) in [4.78, 5) is 23.2. The number of carbonyl (C=O) groups excluding carboxylic acids is 1. The maximum absolute atomic E-state index is 12.6. The molecule has 2 aromatic heterocycles. The minimum atomic E-state index is -0.515. The standard InChI is InChI=1S/C24H22N4O5/c1-16-12-17(2)27(26-16)14-18-6-5-7-19(13-18)25-24(29)23-11-10-20(33-23)15-32-22-9-4-3-8-21(22)28(30)31/h3-13H,14-15H2,1-2H3,(H,25,29). The van der Waals surface area contributed by atoms with E-state index in [4.69, 9.17) is 9.15 Å². The van der Waals surface area contributed by atoms with Crippen LogP contribution in [0.2, 0.25) is 0 Å².